The molecule has 36 heavy (non-hydrogen) atoms. The third kappa shape index (κ3) is 7.09. The number of benzene rings is 2. The molecule has 0 aliphatic carbocycles. The number of hydrogen-bond donors (Lipinski definition) is 1. The second kappa shape index (κ2) is 12.9. The maximum absolute atomic E-state index is 12.9. The van der Waals surface area contributed by atoms with E-state index in [2.05, 4.69) is 24.7 Å². The molecule has 179 valence electrons. The first-order chi connectivity index (χ1) is 17.0. The van der Waals surface area contributed by atoms with E-state index in [0.29, 0.717) is 17.1 Å². The van der Waals surface area contributed by atoms with Gasteiger partial charge < -0.3 is 14.2 Å². The zero-order valence-corrected chi connectivity index (χ0v) is 23.8. The molecule has 0 atom stereocenters. The molecular formula is C24H21KN5O5S. The molecule has 2 heterocycles. The molecule has 2 aromatic carbocycles. The maximum Gasteiger partial charge on any atom is 0.263 e. The number of anilines is 1. The zero-order chi connectivity index (χ0) is 24.7. The average molecular weight is 531 g/mol. The van der Waals surface area contributed by atoms with Crippen LogP contribution in [0.3, 0.4) is 0 Å². The normalized spacial score (nSPS) is 10.9. The number of hydrogen-bond acceptors (Lipinski definition) is 9. The molecule has 0 spiro atoms. The van der Waals surface area contributed by atoms with Crippen LogP contribution in [0.15, 0.2) is 78.5 Å². The maximum atomic E-state index is 12.9. The van der Waals surface area contributed by atoms with Gasteiger partial charge in [-0.15, -0.1) is 0 Å². The van der Waals surface area contributed by atoms with Crippen molar-refractivity contribution in [1.29, 1.82) is 0 Å². The van der Waals surface area contributed by atoms with Gasteiger partial charge in [0.15, 0.2) is 23.1 Å². The number of nitrogens with one attached hydrogen (secondary N) is 1. The largest absolute Gasteiger partial charge is 0.493 e. The summed E-state index contributed by atoms with van der Waals surface area (Å²) in [5, 5.41) is 1.03. The summed E-state index contributed by atoms with van der Waals surface area (Å²) >= 11 is 0. The molecular weight excluding hydrogens is 509 g/mol. The van der Waals surface area contributed by atoms with Crippen molar-refractivity contribution in [3.05, 3.63) is 84.0 Å². The van der Waals surface area contributed by atoms with E-state index in [1.165, 1.54) is 32.7 Å². The minimum absolute atomic E-state index is 0. The quantitative estimate of drug-likeness (QED) is 0.322. The van der Waals surface area contributed by atoms with Crippen molar-refractivity contribution in [3.8, 4) is 34.8 Å². The molecule has 1 radical (unpaired) electrons. The molecule has 0 saturated carbocycles. The van der Waals surface area contributed by atoms with Crippen LogP contribution in [0.4, 0.5) is 5.82 Å². The number of nitrogens with zero attached hydrogens (tertiary/aromatic N) is 4. The summed E-state index contributed by atoms with van der Waals surface area (Å²) in [6.07, 6.45) is 4.50. The fourth-order valence-electron chi connectivity index (χ4n) is 2.96. The van der Waals surface area contributed by atoms with Crippen LogP contribution < -0.4 is 18.9 Å². The molecule has 0 aliphatic rings. The van der Waals surface area contributed by atoms with E-state index in [4.69, 9.17) is 14.2 Å². The first-order valence-electron chi connectivity index (χ1n) is 10.3. The van der Waals surface area contributed by atoms with Gasteiger partial charge in [-0.3, -0.25) is 4.72 Å². The standard InChI is InChI=1S/C24H21N5O5S.K/c1-32-18-11-6-7-12-19(18)34-20-21(29-35(30,31)16-13-17-9-4-3-5-10-17)27-23(28-24(20)33-2)22-25-14-8-15-26-22;/h3-16H,1-2H3,(H,27,28,29);/b16-13+;. The van der Waals surface area contributed by atoms with Gasteiger partial charge in [0.05, 0.1) is 19.6 Å². The number of aromatic nitrogens is 4. The summed E-state index contributed by atoms with van der Waals surface area (Å²) in [5.74, 6) is 0.688. The van der Waals surface area contributed by atoms with Gasteiger partial charge in [-0.2, -0.15) is 4.98 Å². The van der Waals surface area contributed by atoms with E-state index in [9.17, 15) is 8.42 Å². The smallest absolute Gasteiger partial charge is 0.263 e. The number of methoxy groups -OCH3 is 2. The van der Waals surface area contributed by atoms with Crippen LogP contribution in [0.2, 0.25) is 0 Å². The van der Waals surface area contributed by atoms with Crippen molar-refractivity contribution in [1.82, 2.24) is 19.9 Å². The topological polar surface area (TPSA) is 125 Å². The number of rotatable bonds is 9. The van der Waals surface area contributed by atoms with E-state index in [1.807, 2.05) is 6.07 Å². The van der Waals surface area contributed by atoms with E-state index >= 15 is 0 Å². The van der Waals surface area contributed by atoms with Crippen LogP contribution in [-0.4, -0.2) is 94.0 Å². The Kier molecular flexibility index (Phi) is 9.93. The summed E-state index contributed by atoms with van der Waals surface area (Å²) in [6, 6.07) is 17.5. The van der Waals surface area contributed by atoms with Crippen LogP contribution in [0, 0.1) is 0 Å². The van der Waals surface area contributed by atoms with E-state index in [1.54, 1.807) is 54.6 Å². The molecule has 0 fully saturated rings. The Morgan fingerprint density at radius 1 is 0.806 bits per heavy atom. The molecule has 0 unspecified atom stereocenters. The Labute approximate surface area is 251 Å². The predicted octanol–water partition coefficient (Wildman–Crippen LogP) is 3.77. The molecule has 4 aromatic rings. The summed E-state index contributed by atoms with van der Waals surface area (Å²) in [5.41, 5.74) is 0.710. The van der Waals surface area contributed by atoms with Gasteiger partial charge >= 0.3 is 0 Å². The molecule has 2 aromatic heterocycles. The van der Waals surface area contributed by atoms with Crippen LogP contribution in [0.1, 0.15) is 5.56 Å². The third-order valence-electron chi connectivity index (χ3n) is 4.55. The van der Waals surface area contributed by atoms with Crippen molar-refractivity contribution in [3.63, 3.8) is 0 Å². The molecule has 0 saturated heterocycles. The van der Waals surface area contributed by atoms with Crippen LogP contribution >= 0.6 is 0 Å². The van der Waals surface area contributed by atoms with Crippen molar-refractivity contribution in [2.45, 2.75) is 0 Å². The van der Waals surface area contributed by atoms with Crippen LogP contribution in [-0.2, 0) is 10.0 Å². The fourth-order valence-corrected chi connectivity index (χ4v) is 3.77. The van der Waals surface area contributed by atoms with Gasteiger partial charge in [0.2, 0.25) is 11.6 Å². The minimum Gasteiger partial charge on any atom is -0.493 e. The summed E-state index contributed by atoms with van der Waals surface area (Å²) in [4.78, 5) is 16.9. The van der Waals surface area contributed by atoms with E-state index in [0.717, 1.165) is 5.41 Å². The third-order valence-corrected chi connectivity index (χ3v) is 5.53. The number of ether oxygens (including phenoxy) is 3. The van der Waals surface area contributed by atoms with Gasteiger partial charge in [0.1, 0.15) is 0 Å². The summed E-state index contributed by atoms with van der Waals surface area (Å²) in [6.45, 7) is 0. The summed E-state index contributed by atoms with van der Waals surface area (Å²) < 4.78 is 45.0. The number of sulfonamides is 1. The Bertz CT molecular complexity index is 1440. The van der Waals surface area contributed by atoms with Crippen molar-refractivity contribution in [2.75, 3.05) is 18.9 Å². The van der Waals surface area contributed by atoms with Gasteiger partial charge in [-0.05, 0) is 29.8 Å². The first kappa shape index (κ1) is 27.7. The second-order valence-electron chi connectivity index (χ2n) is 6.92. The molecule has 0 aliphatic heterocycles. The monoisotopic (exact) mass is 530 g/mol. The van der Waals surface area contributed by atoms with Gasteiger partial charge in [-0.25, -0.2) is 23.4 Å². The Morgan fingerprint density at radius 3 is 2.14 bits per heavy atom. The second-order valence-corrected chi connectivity index (χ2v) is 8.49. The SMILES string of the molecule is COc1ccccc1Oc1c(NS(=O)(=O)/C=C/c2ccccc2)nc(-c2ncccn2)nc1OC.[K]. The molecule has 0 bridgehead atoms. The van der Waals surface area contributed by atoms with Crippen LogP contribution in [0.5, 0.6) is 23.1 Å². The average Bonchev–Trinajstić information content (AvgIpc) is 2.89. The first-order valence-corrected chi connectivity index (χ1v) is 11.8. The molecule has 0 amide bonds. The molecule has 4 rings (SSSR count). The van der Waals surface area contributed by atoms with E-state index < -0.39 is 10.0 Å². The minimum atomic E-state index is -4.02. The fraction of sp³-hybridized carbons (Fsp3) is 0.0833. The zero-order valence-electron chi connectivity index (χ0n) is 19.8. The summed E-state index contributed by atoms with van der Waals surface area (Å²) in [7, 11) is -1.15. The Morgan fingerprint density at radius 2 is 1.47 bits per heavy atom. The van der Waals surface area contributed by atoms with Crippen LogP contribution in [0.25, 0.3) is 17.7 Å². The predicted molar refractivity (Wildman–Crippen MR) is 136 cm³/mol. The van der Waals surface area contributed by atoms with E-state index in [-0.39, 0.29) is 80.5 Å². The van der Waals surface area contributed by atoms with Crippen molar-refractivity contribution < 1.29 is 22.6 Å². The Balaban J connectivity index is 0.00000361. The van der Waals surface area contributed by atoms with Gasteiger partial charge in [-0.1, -0.05) is 42.5 Å². The molecule has 12 heteroatoms. The van der Waals surface area contributed by atoms with Crippen molar-refractivity contribution in [2.24, 2.45) is 0 Å². The molecule has 10 nitrogen and oxygen atoms in total. The van der Waals surface area contributed by atoms with Crippen molar-refractivity contribution >= 4 is 73.3 Å². The van der Waals surface area contributed by atoms with Gasteiger partial charge in [0.25, 0.3) is 15.9 Å². The number of para-hydroxylation sites is 2. The van der Waals surface area contributed by atoms with Gasteiger partial charge in [0, 0.05) is 63.8 Å². The Hall–Kier alpha value is -2.87. The molecule has 1 N–H and O–H groups in total.